The number of carbonyl (C=O) groups is 3. The number of imide groups is 2. The molecule has 0 radical (unpaired) electrons. The van der Waals surface area contributed by atoms with Gasteiger partial charge in [0.25, 0.3) is 5.91 Å². The summed E-state index contributed by atoms with van der Waals surface area (Å²) < 4.78 is 0. The minimum atomic E-state index is -0.608. The second-order valence-electron chi connectivity index (χ2n) is 2.95. The van der Waals surface area contributed by atoms with Crippen molar-refractivity contribution in [2.24, 2.45) is 0 Å². The van der Waals surface area contributed by atoms with Gasteiger partial charge in [0, 0.05) is 6.42 Å². The molecule has 1 aliphatic rings. The highest BCUT2D eigenvalue weighted by atomic mass is 35.5. The summed E-state index contributed by atoms with van der Waals surface area (Å²) >= 11 is 5.39. The molecule has 1 rings (SSSR count). The lowest BCUT2D eigenvalue weighted by Crippen LogP contribution is -2.35. The van der Waals surface area contributed by atoms with E-state index in [-0.39, 0.29) is 24.9 Å². The molecule has 0 aromatic carbocycles. The third-order valence-corrected chi connectivity index (χ3v) is 2.18. The van der Waals surface area contributed by atoms with Gasteiger partial charge in [0.05, 0.1) is 0 Å². The van der Waals surface area contributed by atoms with E-state index in [4.69, 9.17) is 11.6 Å². The van der Waals surface area contributed by atoms with Gasteiger partial charge in [0.2, 0.25) is 5.91 Å². The molecule has 0 atom stereocenters. The number of rotatable bonds is 3. The molecule has 1 aliphatic heterocycles. The van der Waals surface area contributed by atoms with Gasteiger partial charge in [-0.05, 0) is 6.42 Å². The fourth-order valence-electron chi connectivity index (χ4n) is 1.20. The highest BCUT2D eigenvalue weighted by Gasteiger charge is 2.38. The van der Waals surface area contributed by atoms with E-state index in [0.29, 0.717) is 6.42 Å². The highest BCUT2D eigenvalue weighted by molar-refractivity contribution is 6.22. The number of amides is 4. The maximum Gasteiger partial charge on any atom is 0.334 e. The summed E-state index contributed by atoms with van der Waals surface area (Å²) in [6.45, 7) is 1.66. The second-order valence-corrected chi connectivity index (χ2v) is 3.19. The average molecular weight is 219 g/mol. The summed E-state index contributed by atoms with van der Waals surface area (Å²) in [4.78, 5) is 35.7. The lowest BCUT2D eigenvalue weighted by Gasteiger charge is -2.12. The Morgan fingerprint density at radius 2 is 2.14 bits per heavy atom. The summed E-state index contributed by atoms with van der Waals surface area (Å²) in [6, 6.07) is -0.809. The van der Waals surface area contributed by atoms with Crippen molar-refractivity contribution >= 4 is 29.4 Å². The molecule has 1 saturated heterocycles. The van der Waals surface area contributed by atoms with Crippen molar-refractivity contribution in [3.63, 3.8) is 0 Å². The van der Waals surface area contributed by atoms with Crippen LogP contribution >= 0.6 is 11.6 Å². The molecule has 0 N–H and O–H groups in total. The first-order valence-corrected chi connectivity index (χ1v) is 4.86. The lowest BCUT2D eigenvalue weighted by molar-refractivity contribution is -0.130. The van der Waals surface area contributed by atoms with Crippen LogP contribution in [0.2, 0.25) is 0 Å². The minimum Gasteiger partial charge on any atom is -0.274 e. The SMILES string of the molecule is CCCC(=O)N1CC(=O)N(CCl)C1=O. The fourth-order valence-corrected chi connectivity index (χ4v) is 1.44. The molecule has 1 heterocycles. The van der Waals surface area contributed by atoms with Crippen LogP contribution in [0.25, 0.3) is 0 Å². The molecule has 4 amide bonds. The number of nitrogens with zero attached hydrogens (tertiary/aromatic N) is 2. The Morgan fingerprint density at radius 3 is 2.57 bits per heavy atom. The van der Waals surface area contributed by atoms with Crippen molar-refractivity contribution in [1.82, 2.24) is 9.80 Å². The molecule has 5 nitrogen and oxygen atoms in total. The molecular formula is C8H11ClN2O3. The molecule has 0 bridgehead atoms. The Hall–Kier alpha value is -1.10. The van der Waals surface area contributed by atoms with Crippen molar-refractivity contribution in [1.29, 1.82) is 0 Å². The minimum absolute atomic E-state index is 0.176. The summed E-state index contributed by atoms with van der Waals surface area (Å²) in [5.74, 6) is -0.743. The molecule has 0 aromatic heterocycles. The van der Waals surface area contributed by atoms with E-state index in [0.717, 1.165) is 9.80 Å². The normalized spacial score (nSPS) is 16.7. The molecule has 0 saturated carbocycles. The average Bonchev–Trinajstić information content (AvgIpc) is 2.42. The van der Waals surface area contributed by atoms with Crippen LogP contribution in [0, 0.1) is 0 Å². The van der Waals surface area contributed by atoms with Crippen LogP contribution in [0.3, 0.4) is 0 Å². The smallest absolute Gasteiger partial charge is 0.274 e. The van der Waals surface area contributed by atoms with E-state index in [9.17, 15) is 14.4 Å². The number of urea groups is 1. The molecular weight excluding hydrogens is 208 g/mol. The van der Waals surface area contributed by atoms with E-state index in [1.165, 1.54) is 0 Å². The van der Waals surface area contributed by atoms with Crippen molar-refractivity contribution in [3.05, 3.63) is 0 Å². The summed E-state index contributed by atoms with van der Waals surface area (Å²) in [5, 5.41) is 0. The van der Waals surface area contributed by atoms with Gasteiger partial charge in [-0.1, -0.05) is 6.92 Å². The van der Waals surface area contributed by atoms with Gasteiger partial charge in [-0.3, -0.25) is 14.5 Å². The summed E-state index contributed by atoms with van der Waals surface area (Å²) in [7, 11) is 0. The van der Waals surface area contributed by atoms with E-state index in [2.05, 4.69) is 0 Å². The number of alkyl halides is 1. The van der Waals surface area contributed by atoms with Gasteiger partial charge < -0.3 is 0 Å². The van der Waals surface area contributed by atoms with Gasteiger partial charge in [0.1, 0.15) is 12.5 Å². The van der Waals surface area contributed by atoms with E-state index in [1.807, 2.05) is 6.92 Å². The predicted octanol–water partition coefficient (Wildman–Crippen LogP) is 0.774. The Kier molecular flexibility index (Phi) is 3.46. The van der Waals surface area contributed by atoms with Crippen LogP contribution in [0.4, 0.5) is 4.79 Å². The Morgan fingerprint density at radius 1 is 1.50 bits per heavy atom. The van der Waals surface area contributed by atoms with Crippen LogP contribution in [0.15, 0.2) is 0 Å². The van der Waals surface area contributed by atoms with Gasteiger partial charge in [0.15, 0.2) is 0 Å². The quantitative estimate of drug-likeness (QED) is 0.400. The van der Waals surface area contributed by atoms with Crippen LogP contribution in [-0.2, 0) is 9.59 Å². The predicted molar refractivity (Wildman–Crippen MR) is 49.6 cm³/mol. The molecule has 0 spiro atoms. The van der Waals surface area contributed by atoms with Crippen molar-refractivity contribution in [3.8, 4) is 0 Å². The Bertz CT molecular complexity index is 280. The Balaban J connectivity index is 2.71. The monoisotopic (exact) mass is 218 g/mol. The molecule has 78 valence electrons. The molecule has 14 heavy (non-hydrogen) atoms. The van der Waals surface area contributed by atoms with Crippen molar-refractivity contribution in [2.45, 2.75) is 19.8 Å². The number of halogens is 1. The summed E-state index contributed by atoms with van der Waals surface area (Å²) in [6.07, 6.45) is 0.923. The first-order valence-electron chi connectivity index (χ1n) is 4.32. The lowest BCUT2D eigenvalue weighted by atomic mass is 10.3. The third kappa shape index (κ3) is 1.87. The first-order chi connectivity index (χ1) is 6.61. The van der Waals surface area contributed by atoms with Crippen LogP contribution in [0.5, 0.6) is 0 Å². The van der Waals surface area contributed by atoms with Gasteiger partial charge in [-0.25, -0.2) is 9.69 Å². The molecule has 0 aromatic rings. The highest BCUT2D eigenvalue weighted by Crippen LogP contribution is 2.12. The van der Waals surface area contributed by atoms with E-state index in [1.54, 1.807) is 0 Å². The molecule has 0 unspecified atom stereocenters. The van der Waals surface area contributed by atoms with Crippen LogP contribution in [0.1, 0.15) is 19.8 Å². The number of hydrogen-bond donors (Lipinski definition) is 0. The van der Waals surface area contributed by atoms with Crippen molar-refractivity contribution < 1.29 is 14.4 Å². The largest absolute Gasteiger partial charge is 0.334 e. The van der Waals surface area contributed by atoms with Crippen LogP contribution < -0.4 is 0 Å². The maximum atomic E-state index is 11.4. The van der Waals surface area contributed by atoms with E-state index >= 15 is 0 Å². The second kappa shape index (κ2) is 4.41. The summed E-state index contributed by atoms with van der Waals surface area (Å²) in [5.41, 5.74) is 0. The third-order valence-electron chi connectivity index (χ3n) is 1.94. The Labute approximate surface area is 86.6 Å². The zero-order valence-corrected chi connectivity index (χ0v) is 8.58. The standard InChI is InChI=1S/C8H11ClN2O3/c1-2-3-6(12)10-4-7(13)11(5-9)8(10)14/h2-5H2,1H3. The zero-order chi connectivity index (χ0) is 10.7. The topological polar surface area (TPSA) is 57.7 Å². The maximum absolute atomic E-state index is 11.4. The fraction of sp³-hybridized carbons (Fsp3) is 0.625. The van der Waals surface area contributed by atoms with E-state index < -0.39 is 11.9 Å². The zero-order valence-electron chi connectivity index (χ0n) is 7.83. The van der Waals surface area contributed by atoms with Gasteiger partial charge in [-0.2, -0.15) is 0 Å². The van der Waals surface area contributed by atoms with Crippen LogP contribution in [-0.4, -0.2) is 40.2 Å². The molecule has 6 heteroatoms. The first kappa shape index (κ1) is 11.0. The van der Waals surface area contributed by atoms with Gasteiger partial charge in [-0.15, -0.1) is 11.6 Å². The van der Waals surface area contributed by atoms with Gasteiger partial charge >= 0.3 is 6.03 Å². The number of hydrogen-bond acceptors (Lipinski definition) is 3. The number of carbonyl (C=O) groups excluding carboxylic acids is 3. The molecule has 0 aliphatic carbocycles. The van der Waals surface area contributed by atoms with Crippen molar-refractivity contribution in [2.75, 3.05) is 12.5 Å². The molecule has 1 fully saturated rings.